The number of aliphatic hydroxyl groups is 1. The van der Waals surface area contributed by atoms with Crippen LogP contribution in [-0.4, -0.2) is 74.6 Å². The topological polar surface area (TPSA) is 82.3 Å². The summed E-state index contributed by atoms with van der Waals surface area (Å²) < 4.78 is 11.1. The largest absolute Gasteiger partial charge is 0.469 e. The molecule has 7 nitrogen and oxygen atoms in total. The van der Waals surface area contributed by atoms with E-state index < -0.39 is 5.60 Å². The Bertz CT molecular complexity index is 529. The molecular formula is C19H35IN4O3. The van der Waals surface area contributed by atoms with E-state index in [-0.39, 0.29) is 30.1 Å². The number of nitrogens with one attached hydrogen (secondary N) is 2. The van der Waals surface area contributed by atoms with Crippen LogP contribution in [0.5, 0.6) is 0 Å². The molecule has 2 rings (SSSR count). The summed E-state index contributed by atoms with van der Waals surface area (Å²) in [5.41, 5.74) is -0.875. The quantitative estimate of drug-likeness (QED) is 0.276. The van der Waals surface area contributed by atoms with Crippen LogP contribution >= 0.6 is 24.0 Å². The minimum atomic E-state index is -0.875. The van der Waals surface area contributed by atoms with Gasteiger partial charge in [-0.1, -0.05) is 0 Å². The monoisotopic (exact) mass is 494 g/mol. The van der Waals surface area contributed by atoms with Gasteiger partial charge in [-0.2, -0.15) is 0 Å². The van der Waals surface area contributed by atoms with Crippen molar-refractivity contribution in [3.8, 4) is 0 Å². The third kappa shape index (κ3) is 10.3. The van der Waals surface area contributed by atoms with Gasteiger partial charge >= 0.3 is 0 Å². The average Bonchev–Trinajstić information content (AvgIpc) is 3.10. The van der Waals surface area contributed by atoms with E-state index in [4.69, 9.17) is 9.15 Å². The molecule has 2 heterocycles. The average molecular weight is 494 g/mol. The number of guanidine groups is 1. The molecule has 0 bridgehead atoms. The molecule has 1 aliphatic rings. The summed E-state index contributed by atoms with van der Waals surface area (Å²) in [5.74, 6) is 1.64. The smallest absolute Gasteiger partial charge is 0.191 e. The van der Waals surface area contributed by atoms with Gasteiger partial charge in [-0.15, -0.1) is 24.0 Å². The molecule has 8 heteroatoms. The molecule has 0 amide bonds. The lowest BCUT2D eigenvalue weighted by Crippen LogP contribution is -2.45. The minimum Gasteiger partial charge on any atom is -0.469 e. The van der Waals surface area contributed by atoms with E-state index in [9.17, 15) is 5.11 Å². The molecule has 0 spiro atoms. The van der Waals surface area contributed by atoms with Gasteiger partial charge in [0.2, 0.25) is 0 Å². The van der Waals surface area contributed by atoms with Gasteiger partial charge in [0.25, 0.3) is 0 Å². The second-order valence-electron chi connectivity index (χ2n) is 7.53. The van der Waals surface area contributed by atoms with Crippen molar-refractivity contribution in [1.29, 1.82) is 0 Å². The summed E-state index contributed by atoms with van der Waals surface area (Å²) in [6, 6.07) is 3.85. The normalized spacial score (nSPS) is 20.0. The lowest BCUT2D eigenvalue weighted by molar-refractivity contribution is 0.0193. The molecule has 156 valence electrons. The third-order valence-electron chi connectivity index (χ3n) is 4.25. The van der Waals surface area contributed by atoms with Crippen molar-refractivity contribution in [2.75, 3.05) is 46.9 Å². The van der Waals surface area contributed by atoms with Gasteiger partial charge in [-0.25, -0.2) is 0 Å². The van der Waals surface area contributed by atoms with Gasteiger partial charge in [-0.3, -0.25) is 4.99 Å². The Hall–Kier alpha value is -0.840. The minimum absolute atomic E-state index is 0. The Labute approximate surface area is 180 Å². The van der Waals surface area contributed by atoms with Crippen LogP contribution in [0.15, 0.2) is 27.8 Å². The van der Waals surface area contributed by atoms with Crippen LogP contribution in [0.4, 0.5) is 0 Å². The number of rotatable bonds is 9. The lowest BCUT2D eigenvalue weighted by atomic mass is 10.1. The zero-order valence-electron chi connectivity index (χ0n) is 16.7. The van der Waals surface area contributed by atoms with Crippen molar-refractivity contribution in [1.82, 2.24) is 15.5 Å². The zero-order chi connectivity index (χ0) is 18.8. The second kappa shape index (κ2) is 12.6. The van der Waals surface area contributed by atoms with E-state index in [0.717, 1.165) is 38.2 Å². The Kier molecular flexibility index (Phi) is 11.3. The van der Waals surface area contributed by atoms with Gasteiger partial charge in [0.15, 0.2) is 5.96 Å². The summed E-state index contributed by atoms with van der Waals surface area (Å²) in [7, 11) is 3.89. The molecule has 1 fully saturated rings. The van der Waals surface area contributed by atoms with E-state index in [1.807, 2.05) is 31.1 Å². The predicted octanol–water partition coefficient (Wildman–Crippen LogP) is 1.86. The highest BCUT2D eigenvalue weighted by atomic mass is 127. The molecule has 1 aromatic heterocycles. The molecule has 0 saturated carbocycles. The first-order chi connectivity index (χ1) is 12.4. The maximum absolute atomic E-state index is 10.5. The van der Waals surface area contributed by atoms with Crippen LogP contribution in [-0.2, 0) is 11.2 Å². The molecule has 0 aliphatic carbocycles. The summed E-state index contributed by atoms with van der Waals surface area (Å²) in [6.45, 7) is 4.96. The van der Waals surface area contributed by atoms with Crippen LogP contribution in [0, 0.1) is 0 Å². The van der Waals surface area contributed by atoms with Gasteiger partial charge in [-0.05, 0) is 52.4 Å². The van der Waals surface area contributed by atoms with Crippen molar-refractivity contribution in [2.24, 2.45) is 4.99 Å². The van der Waals surface area contributed by atoms with Gasteiger partial charge in [0.1, 0.15) is 5.76 Å². The highest BCUT2D eigenvalue weighted by molar-refractivity contribution is 14.0. The lowest BCUT2D eigenvalue weighted by Gasteiger charge is -2.26. The van der Waals surface area contributed by atoms with Crippen molar-refractivity contribution in [2.45, 2.75) is 44.3 Å². The van der Waals surface area contributed by atoms with Gasteiger partial charge < -0.3 is 29.8 Å². The number of furan rings is 1. The van der Waals surface area contributed by atoms with E-state index in [1.165, 1.54) is 6.42 Å². The van der Waals surface area contributed by atoms with Crippen molar-refractivity contribution < 1.29 is 14.3 Å². The fourth-order valence-corrected chi connectivity index (χ4v) is 3.09. The van der Waals surface area contributed by atoms with Crippen LogP contribution in [0.25, 0.3) is 0 Å². The number of hydrogen-bond donors (Lipinski definition) is 3. The maximum Gasteiger partial charge on any atom is 0.191 e. The summed E-state index contributed by atoms with van der Waals surface area (Å²) >= 11 is 0. The van der Waals surface area contributed by atoms with E-state index >= 15 is 0 Å². The highest BCUT2D eigenvalue weighted by Crippen LogP contribution is 2.11. The van der Waals surface area contributed by atoms with Crippen molar-refractivity contribution in [3.05, 3.63) is 24.2 Å². The fourth-order valence-electron chi connectivity index (χ4n) is 3.09. The second-order valence-corrected chi connectivity index (χ2v) is 7.53. The summed E-state index contributed by atoms with van der Waals surface area (Å²) in [4.78, 5) is 6.54. The molecule has 2 unspecified atom stereocenters. The standard InChI is InChI=1S/C19H34N4O3.HI/c1-19(24,15-23(2)3)14-22-18(20-10-9-16-8-6-12-25-16)21-13-17-7-4-5-11-26-17;/h6,8,12,17,24H,4-5,7,9-11,13-15H2,1-3H3,(H2,20,21,22);1H. The van der Waals surface area contributed by atoms with Crippen molar-refractivity contribution >= 4 is 29.9 Å². The molecule has 27 heavy (non-hydrogen) atoms. The Morgan fingerprint density at radius 2 is 2.19 bits per heavy atom. The van der Waals surface area contributed by atoms with Crippen LogP contribution in [0.2, 0.25) is 0 Å². The first kappa shape index (κ1) is 24.2. The predicted molar refractivity (Wildman–Crippen MR) is 119 cm³/mol. The maximum atomic E-state index is 10.5. The van der Waals surface area contributed by atoms with E-state index in [0.29, 0.717) is 25.6 Å². The first-order valence-electron chi connectivity index (χ1n) is 9.48. The van der Waals surface area contributed by atoms with Crippen molar-refractivity contribution in [3.63, 3.8) is 0 Å². The Morgan fingerprint density at radius 3 is 2.81 bits per heavy atom. The molecule has 1 aliphatic heterocycles. The summed E-state index contributed by atoms with van der Waals surface area (Å²) in [6.07, 6.45) is 6.12. The van der Waals surface area contributed by atoms with Crippen LogP contribution < -0.4 is 10.6 Å². The van der Waals surface area contributed by atoms with Crippen LogP contribution in [0.3, 0.4) is 0 Å². The summed E-state index contributed by atoms with van der Waals surface area (Å²) in [5, 5.41) is 17.2. The van der Waals surface area contributed by atoms with E-state index in [1.54, 1.807) is 13.2 Å². The molecule has 0 aromatic carbocycles. The van der Waals surface area contributed by atoms with Crippen LogP contribution in [0.1, 0.15) is 31.9 Å². The van der Waals surface area contributed by atoms with Gasteiger partial charge in [0.05, 0.1) is 24.5 Å². The number of hydrogen-bond acceptors (Lipinski definition) is 5. The number of halogens is 1. The highest BCUT2D eigenvalue weighted by Gasteiger charge is 2.21. The molecule has 2 atom stereocenters. The fraction of sp³-hybridized carbons (Fsp3) is 0.737. The number of nitrogens with zero attached hydrogens (tertiary/aromatic N) is 2. The first-order valence-corrected chi connectivity index (χ1v) is 9.48. The number of aliphatic imine (C=N–C) groups is 1. The number of ether oxygens (including phenoxy) is 1. The third-order valence-corrected chi connectivity index (χ3v) is 4.25. The molecule has 0 radical (unpaired) electrons. The molecule has 1 saturated heterocycles. The van der Waals surface area contributed by atoms with Gasteiger partial charge in [0, 0.05) is 32.7 Å². The Balaban J connectivity index is 0.00000364. The molecular weight excluding hydrogens is 459 g/mol. The Morgan fingerprint density at radius 1 is 1.37 bits per heavy atom. The molecule has 1 aromatic rings. The van der Waals surface area contributed by atoms with E-state index in [2.05, 4.69) is 15.6 Å². The zero-order valence-corrected chi connectivity index (χ0v) is 19.1. The number of likely N-dealkylation sites (N-methyl/N-ethyl adjacent to an activating group) is 1. The molecule has 3 N–H and O–H groups in total. The SMILES string of the molecule is CN(C)CC(C)(O)CN=C(NCCc1ccco1)NCC1CCCCO1.I.